The molecule has 1 N–H and O–H groups in total. The lowest BCUT2D eigenvalue weighted by Gasteiger charge is -2.22. The Balaban J connectivity index is 2.25. The summed E-state index contributed by atoms with van der Waals surface area (Å²) in [7, 11) is 0. The van der Waals surface area contributed by atoms with E-state index in [-0.39, 0.29) is 5.92 Å². The monoisotopic (exact) mass is 304 g/mol. The summed E-state index contributed by atoms with van der Waals surface area (Å²) in [6.07, 6.45) is 0.465. The van der Waals surface area contributed by atoms with Gasteiger partial charge in [0.05, 0.1) is 6.10 Å². The molecule has 0 aliphatic carbocycles. The molecule has 0 spiro atoms. The van der Waals surface area contributed by atoms with Gasteiger partial charge >= 0.3 is 0 Å². The van der Waals surface area contributed by atoms with Gasteiger partial charge in [0.25, 0.3) is 0 Å². The fourth-order valence-electron chi connectivity index (χ4n) is 2.23. The van der Waals surface area contributed by atoms with E-state index in [2.05, 4.69) is 35.0 Å². The maximum atomic E-state index is 10.5. The van der Waals surface area contributed by atoms with E-state index in [1.165, 1.54) is 5.56 Å². The van der Waals surface area contributed by atoms with Crippen molar-refractivity contribution in [2.45, 2.75) is 25.4 Å². The van der Waals surface area contributed by atoms with Gasteiger partial charge in [0, 0.05) is 10.4 Å². The highest BCUT2D eigenvalue weighted by molar-refractivity contribution is 9.10. The first kappa shape index (κ1) is 13.3. The van der Waals surface area contributed by atoms with Crippen molar-refractivity contribution in [2.75, 3.05) is 0 Å². The second-order valence-corrected chi connectivity index (χ2v) is 5.34. The van der Waals surface area contributed by atoms with Gasteiger partial charge in [-0.25, -0.2) is 0 Å². The molecule has 1 nitrogen and oxygen atoms in total. The Morgan fingerprint density at radius 2 is 1.56 bits per heavy atom. The molecule has 2 unspecified atom stereocenters. The van der Waals surface area contributed by atoms with Crippen LogP contribution in [0.3, 0.4) is 0 Å². The van der Waals surface area contributed by atoms with Crippen LogP contribution in [0, 0.1) is 0 Å². The van der Waals surface area contributed by atoms with Crippen LogP contribution in [-0.2, 0) is 0 Å². The van der Waals surface area contributed by atoms with Crippen LogP contribution < -0.4 is 0 Å². The van der Waals surface area contributed by atoms with E-state index in [4.69, 9.17) is 0 Å². The lowest BCUT2D eigenvalue weighted by molar-refractivity contribution is 0.142. The van der Waals surface area contributed by atoms with Gasteiger partial charge < -0.3 is 5.11 Å². The van der Waals surface area contributed by atoms with Gasteiger partial charge in [0.15, 0.2) is 0 Å². The molecule has 0 saturated carbocycles. The van der Waals surface area contributed by atoms with E-state index < -0.39 is 6.10 Å². The Morgan fingerprint density at radius 1 is 0.944 bits per heavy atom. The van der Waals surface area contributed by atoms with E-state index in [1.807, 2.05) is 42.5 Å². The third kappa shape index (κ3) is 3.01. The van der Waals surface area contributed by atoms with Gasteiger partial charge in [0.1, 0.15) is 0 Å². The Kier molecular flexibility index (Phi) is 4.56. The summed E-state index contributed by atoms with van der Waals surface area (Å²) < 4.78 is 1.03. The Hall–Kier alpha value is -1.12. The topological polar surface area (TPSA) is 20.2 Å². The van der Waals surface area contributed by atoms with Gasteiger partial charge in [-0.15, -0.1) is 0 Å². The molecule has 0 saturated heterocycles. The highest BCUT2D eigenvalue weighted by Gasteiger charge is 2.20. The number of benzene rings is 2. The van der Waals surface area contributed by atoms with Gasteiger partial charge in [-0.1, -0.05) is 65.3 Å². The molecule has 2 aromatic carbocycles. The standard InChI is InChI=1S/C16H17BrO/c1-2-15(12-6-4-3-5-7-12)16(18)13-8-10-14(17)11-9-13/h3-11,15-16,18H,2H2,1H3. The average molecular weight is 305 g/mol. The van der Waals surface area contributed by atoms with Crippen molar-refractivity contribution in [1.29, 1.82) is 0 Å². The maximum Gasteiger partial charge on any atom is 0.0858 e. The third-order valence-corrected chi connectivity index (χ3v) is 3.79. The Bertz CT molecular complexity index is 478. The molecule has 0 aromatic heterocycles. The first-order valence-corrected chi connectivity index (χ1v) is 7.00. The van der Waals surface area contributed by atoms with Crippen molar-refractivity contribution < 1.29 is 5.11 Å². The van der Waals surface area contributed by atoms with Crippen LogP contribution in [0.15, 0.2) is 59.1 Å². The van der Waals surface area contributed by atoms with Gasteiger partial charge in [-0.3, -0.25) is 0 Å². The number of hydrogen-bond acceptors (Lipinski definition) is 1. The van der Waals surface area contributed by atoms with Crippen LogP contribution >= 0.6 is 15.9 Å². The Labute approximate surface area is 117 Å². The molecule has 0 amide bonds. The molecule has 0 radical (unpaired) electrons. The molecule has 94 valence electrons. The van der Waals surface area contributed by atoms with E-state index >= 15 is 0 Å². The zero-order chi connectivity index (χ0) is 13.0. The molecule has 2 atom stereocenters. The van der Waals surface area contributed by atoms with Gasteiger partial charge in [0.2, 0.25) is 0 Å². The summed E-state index contributed by atoms with van der Waals surface area (Å²) in [5.74, 6) is 0.146. The molecule has 18 heavy (non-hydrogen) atoms. The molecule has 0 heterocycles. The summed E-state index contributed by atoms with van der Waals surface area (Å²) in [5.41, 5.74) is 2.16. The molecular formula is C16H17BrO. The van der Waals surface area contributed by atoms with E-state index in [1.54, 1.807) is 0 Å². The molecule has 2 heteroatoms. The van der Waals surface area contributed by atoms with Crippen molar-refractivity contribution >= 4 is 15.9 Å². The second kappa shape index (κ2) is 6.17. The highest BCUT2D eigenvalue weighted by atomic mass is 79.9. The van der Waals surface area contributed by atoms with Gasteiger partial charge in [-0.05, 0) is 29.7 Å². The fourth-order valence-corrected chi connectivity index (χ4v) is 2.50. The van der Waals surface area contributed by atoms with Crippen molar-refractivity contribution in [3.63, 3.8) is 0 Å². The number of aliphatic hydroxyl groups excluding tert-OH is 1. The minimum Gasteiger partial charge on any atom is -0.388 e. The Morgan fingerprint density at radius 3 is 2.11 bits per heavy atom. The third-order valence-electron chi connectivity index (χ3n) is 3.26. The second-order valence-electron chi connectivity index (χ2n) is 4.42. The molecule has 0 fully saturated rings. The molecule has 2 rings (SSSR count). The van der Waals surface area contributed by atoms with Crippen LogP contribution in [-0.4, -0.2) is 5.11 Å². The summed E-state index contributed by atoms with van der Waals surface area (Å²) >= 11 is 3.41. The maximum absolute atomic E-state index is 10.5. The quantitative estimate of drug-likeness (QED) is 0.870. The summed E-state index contributed by atoms with van der Waals surface area (Å²) in [5, 5.41) is 10.5. The summed E-state index contributed by atoms with van der Waals surface area (Å²) in [4.78, 5) is 0. The molecular weight excluding hydrogens is 288 g/mol. The lowest BCUT2D eigenvalue weighted by Crippen LogP contribution is -2.10. The fraction of sp³-hybridized carbons (Fsp3) is 0.250. The molecule has 0 aliphatic heterocycles. The largest absolute Gasteiger partial charge is 0.388 e. The van der Waals surface area contributed by atoms with Crippen LogP contribution in [0.1, 0.15) is 36.5 Å². The molecule has 2 aromatic rings. The smallest absolute Gasteiger partial charge is 0.0858 e. The molecule has 0 bridgehead atoms. The number of halogens is 1. The van der Waals surface area contributed by atoms with Crippen LogP contribution in [0.5, 0.6) is 0 Å². The van der Waals surface area contributed by atoms with Crippen LogP contribution in [0.2, 0.25) is 0 Å². The van der Waals surface area contributed by atoms with E-state index in [0.717, 1.165) is 16.5 Å². The minimum atomic E-state index is -0.453. The number of hydrogen-bond donors (Lipinski definition) is 1. The number of rotatable bonds is 4. The minimum absolute atomic E-state index is 0.146. The molecule has 0 aliphatic rings. The first-order chi connectivity index (χ1) is 8.72. The summed E-state index contributed by atoms with van der Waals surface area (Å²) in [6, 6.07) is 18.1. The van der Waals surface area contributed by atoms with Gasteiger partial charge in [-0.2, -0.15) is 0 Å². The zero-order valence-corrected chi connectivity index (χ0v) is 12.0. The summed E-state index contributed by atoms with van der Waals surface area (Å²) in [6.45, 7) is 2.11. The van der Waals surface area contributed by atoms with Crippen LogP contribution in [0.25, 0.3) is 0 Å². The zero-order valence-electron chi connectivity index (χ0n) is 10.4. The average Bonchev–Trinajstić information content (AvgIpc) is 2.41. The van der Waals surface area contributed by atoms with Crippen molar-refractivity contribution in [3.05, 3.63) is 70.2 Å². The van der Waals surface area contributed by atoms with E-state index in [9.17, 15) is 5.11 Å². The lowest BCUT2D eigenvalue weighted by atomic mass is 9.87. The van der Waals surface area contributed by atoms with Crippen molar-refractivity contribution in [3.8, 4) is 0 Å². The predicted molar refractivity (Wildman–Crippen MR) is 78.6 cm³/mol. The highest BCUT2D eigenvalue weighted by Crippen LogP contribution is 2.33. The van der Waals surface area contributed by atoms with Crippen molar-refractivity contribution in [1.82, 2.24) is 0 Å². The SMILES string of the molecule is CCC(c1ccccc1)C(O)c1ccc(Br)cc1. The normalized spacial score (nSPS) is 14.2. The van der Waals surface area contributed by atoms with E-state index in [0.29, 0.717) is 0 Å². The first-order valence-electron chi connectivity index (χ1n) is 6.21. The predicted octanol–water partition coefficient (Wildman–Crippen LogP) is 4.68. The van der Waals surface area contributed by atoms with Crippen LogP contribution in [0.4, 0.5) is 0 Å². The van der Waals surface area contributed by atoms with Crippen molar-refractivity contribution in [2.24, 2.45) is 0 Å². The number of aliphatic hydroxyl groups is 1.